The second kappa shape index (κ2) is 14.4. The van der Waals surface area contributed by atoms with Gasteiger partial charge in [0.05, 0.1) is 38.0 Å². The van der Waals surface area contributed by atoms with Gasteiger partial charge in [-0.3, -0.25) is 9.67 Å². The number of hydrogen-bond donors (Lipinski definition) is 1. The van der Waals surface area contributed by atoms with Crippen molar-refractivity contribution in [3.8, 4) is 23.0 Å². The number of ether oxygens (including phenoxy) is 4. The molecule has 0 bridgehead atoms. The second-order valence-corrected chi connectivity index (χ2v) is 12.3. The third-order valence-electron chi connectivity index (χ3n) is 7.52. The smallest absolute Gasteiger partial charge is 0.410 e. The first-order chi connectivity index (χ1) is 23.6. The molecule has 14 heteroatoms. The Morgan fingerprint density at radius 1 is 1.08 bits per heavy atom. The highest BCUT2D eigenvalue weighted by atomic mass is 19.1. The number of halogens is 2. The van der Waals surface area contributed by atoms with Gasteiger partial charge in [0, 0.05) is 47.7 Å². The number of carbonyl (C=O) groups excluding carboxylic acids is 1. The summed E-state index contributed by atoms with van der Waals surface area (Å²) >= 11 is 0. The van der Waals surface area contributed by atoms with Crippen LogP contribution in [0.4, 0.5) is 25.1 Å². The zero-order chi connectivity index (χ0) is 34.5. The standard InChI is InChI=1S/C35H37F2N7O5/c1-5-46-23-16-27(36)26(28(37)17-23)20-44-29-9-7-6-8-25(29)31(42-44)33-39-18-30(32(41-33)40-22-10-12-38-13-11-22)48-21-24-19-43(14-15-47-24)34(45)49-35(2,3)4/h6-13,16-18,24H,5,14-15,19-21H2,1-4H3,(H,38,39,40,41). The van der Waals surface area contributed by atoms with Crippen LogP contribution in [0.1, 0.15) is 33.3 Å². The van der Waals surface area contributed by atoms with Crippen LogP contribution in [0, 0.1) is 11.6 Å². The minimum Gasteiger partial charge on any atom is -0.494 e. The number of fused-ring (bicyclic) bond motifs is 1. The number of hydrogen-bond acceptors (Lipinski definition) is 10. The van der Waals surface area contributed by atoms with Gasteiger partial charge in [-0.05, 0) is 45.9 Å². The molecule has 1 N–H and O–H groups in total. The molecule has 1 fully saturated rings. The Morgan fingerprint density at radius 2 is 1.84 bits per heavy atom. The van der Waals surface area contributed by atoms with E-state index in [9.17, 15) is 4.79 Å². The first-order valence-electron chi connectivity index (χ1n) is 15.9. The van der Waals surface area contributed by atoms with Crippen LogP contribution in [-0.2, 0) is 16.0 Å². The molecular weight excluding hydrogens is 636 g/mol. The van der Waals surface area contributed by atoms with Gasteiger partial charge in [0.1, 0.15) is 41.4 Å². The van der Waals surface area contributed by atoms with E-state index in [0.29, 0.717) is 53.5 Å². The van der Waals surface area contributed by atoms with Crippen LogP contribution in [0.15, 0.2) is 67.1 Å². The average molecular weight is 674 g/mol. The van der Waals surface area contributed by atoms with E-state index in [1.165, 1.54) is 23.0 Å². The van der Waals surface area contributed by atoms with E-state index in [1.807, 2.05) is 45.0 Å². The van der Waals surface area contributed by atoms with Gasteiger partial charge >= 0.3 is 6.09 Å². The van der Waals surface area contributed by atoms with Crippen LogP contribution in [-0.4, -0.2) is 80.3 Å². The number of amides is 1. The maximum atomic E-state index is 15.0. The highest BCUT2D eigenvalue weighted by Gasteiger charge is 2.29. The number of para-hydroxylation sites is 1. The van der Waals surface area contributed by atoms with E-state index in [4.69, 9.17) is 29.0 Å². The molecule has 2 aromatic carbocycles. The van der Waals surface area contributed by atoms with Crippen molar-refractivity contribution in [3.05, 3.63) is 84.3 Å². The number of rotatable bonds is 10. The topological polar surface area (TPSA) is 126 Å². The van der Waals surface area contributed by atoms with Crippen molar-refractivity contribution in [1.29, 1.82) is 0 Å². The van der Waals surface area contributed by atoms with Crippen molar-refractivity contribution in [2.24, 2.45) is 0 Å². The van der Waals surface area contributed by atoms with Crippen LogP contribution in [0.25, 0.3) is 22.4 Å². The molecule has 12 nitrogen and oxygen atoms in total. The number of nitrogens with zero attached hydrogens (tertiary/aromatic N) is 6. The van der Waals surface area contributed by atoms with E-state index in [2.05, 4.69) is 15.3 Å². The first-order valence-corrected chi connectivity index (χ1v) is 15.9. The number of morpholine rings is 1. The van der Waals surface area contributed by atoms with Gasteiger partial charge in [0.25, 0.3) is 0 Å². The van der Waals surface area contributed by atoms with Crippen LogP contribution in [0.5, 0.6) is 11.5 Å². The molecule has 1 saturated heterocycles. The predicted octanol–water partition coefficient (Wildman–Crippen LogP) is 6.37. The van der Waals surface area contributed by atoms with Gasteiger partial charge in [-0.25, -0.2) is 23.5 Å². The number of pyridine rings is 1. The molecule has 1 aliphatic heterocycles. The highest BCUT2D eigenvalue weighted by molar-refractivity contribution is 5.92. The monoisotopic (exact) mass is 673 g/mol. The van der Waals surface area contributed by atoms with Gasteiger partial charge in [-0.15, -0.1) is 0 Å². The van der Waals surface area contributed by atoms with Crippen LogP contribution in [0.3, 0.4) is 0 Å². The number of anilines is 2. The lowest BCUT2D eigenvalue weighted by Crippen LogP contribution is -2.49. The maximum absolute atomic E-state index is 15.0. The summed E-state index contributed by atoms with van der Waals surface area (Å²) in [4.78, 5) is 27.7. The minimum atomic E-state index is -0.734. The molecule has 1 amide bonds. The molecule has 256 valence electrons. The van der Waals surface area contributed by atoms with Crippen molar-refractivity contribution in [2.45, 2.75) is 45.9 Å². The molecule has 3 aromatic heterocycles. The molecule has 1 unspecified atom stereocenters. The molecule has 49 heavy (non-hydrogen) atoms. The van der Waals surface area contributed by atoms with Crippen LogP contribution < -0.4 is 14.8 Å². The van der Waals surface area contributed by atoms with E-state index < -0.39 is 29.4 Å². The number of aromatic nitrogens is 5. The summed E-state index contributed by atoms with van der Waals surface area (Å²) in [5, 5.41) is 8.67. The highest BCUT2D eigenvalue weighted by Crippen LogP contribution is 2.32. The third kappa shape index (κ3) is 8.03. The Bertz CT molecular complexity index is 1910. The fourth-order valence-electron chi connectivity index (χ4n) is 5.29. The summed E-state index contributed by atoms with van der Waals surface area (Å²) in [5.41, 5.74) is 0.989. The van der Waals surface area contributed by atoms with Gasteiger partial charge in [0.2, 0.25) is 0 Å². The normalized spacial score (nSPS) is 14.9. The second-order valence-electron chi connectivity index (χ2n) is 12.3. The van der Waals surface area contributed by atoms with E-state index >= 15 is 8.78 Å². The van der Waals surface area contributed by atoms with Gasteiger partial charge < -0.3 is 29.2 Å². The van der Waals surface area contributed by atoms with Crippen molar-refractivity contribution in [3.63, 3.8) is 0 Å². The number of nitrogens with one attached hydrogen (secondary N) is 1. The lowest BCUT2D eigenvalue weighted by atomic mass is 10.1. The molecular formula is C35H37F2N7O5. The van der Waals surface area contributed by atoms with Crippen molar-refractivity contribution in [1.82, 2.24) is 29.6 Å². The summed E-state index contributed by atoms with van der Waals surface area (Å²) < 4.78 is 54.5. The summed E-state index contributed by atoms with van der Waals surface area (Å²) in [6.07, 6.45) is 3.98. The predicted molar refractivity (Wildman–Crippen MR) is 178 cm³/mol. The van der Waals surface area contributed by atoms with Gasteiger partial charge in [-0.2, -0.15) is 5.10 Å². The zero-order valence-corrected chi connectivity index (χ0v) is 27.7. The van der Waals surface area contributed by atoms with Crippen LogP contribution in [0.2, 0.25) is 0 Å². The fourth-order valence-corrected chi connectivity index (χ4v) is 5.29. The lowest BCUT2D eigenvalue weighted by molar-refractivity contribution is -0.0557. The molecule has 0 radical (unpaired) electrons. The van der Waals surface area contributed by atoms with E-state index in [0.717, 1.165) is 0 Å². The molecule has 0 spiro atoms. The quantitative estimate of drug-likeness (QED) is 0.179. The first kappa shape index (κ1) is 33.5. The molecule has 1 atom stereocenters. The molecule has 6 rings (SSSR count). The Kier molecular flexibility index (Phi) is 9.85. The van der Waals surface area contributed by atoms with E-state index in [-0.39, 0.29) is 36.9 Å². The van der Waals surface area contributed by atoms with Gasteiger partial charge in [-0.1, -0.05) is 18.2 Å². The maximum Gasteiger partial charge on any atom is 0.410 e. The molecule has 0 aliphatic carbocycles. The summed E-state index contributed by atoms with van der Waals surface area (Å²) in [7, 11) is 0. The Balaban J connectivity index is 1.28. The Labute approximate surface area is 282 Å². The molecule has 1 aliphatic rings. The number of carbonyl (C=O) groups is 1. The SMILES string of the molecule is CCOc1cc(F)c(Cn2nc(-c3ncc(OCC4CN(C(=O)OC(C)(C)C)CCO4)c(Nc4ccncc4)n3)c3ccccc32)c(F)c1. The Morgan fingerprint density at radius 3 is 2.57 bits per heavy atom. The molecule has 5 aromatic rings. The van der Waals surface area contributed by atoms with Crippen LogP contribution >= 0.6 is 0 Å². The van der Waals surface area contributed by atoms with Crippen molar-refractivity contribution >= 4 is 28.5 Å². The zero-order valence-electron chi connectivity index (χ0n) is 27.7. The summed E-state index contributed by atoms with van der Waals surface area (Å²) in [6, 6.07) is 13.2. The average Bonchev–Trinajstić information content (AvgIpc) is 3.44. The number of benzene rings is 2. The van der Waals surface area contributed by atoms with Gasteiger partial charge in [0.15, 0.2) is 17.4 Å². The molecule has 0 saturated carbocycles. The summed E-state index contributed by atoms with van der Waals surface area (Å²) in [6.45, 7) is 8.48. The summed E-state index contributed by atoms with van der Waals surface area (Å²) in [5.74, 6) is -0.409. The Hall–Kier alpha value is -5.37. The van der Waals surface area contributed by atoms with Crippen molar-refractivity contribution in [2.75, 3.05) is 38.2 Å². The minimum absolute atomic E-state index is 0.115. The van der Waals surface area contributed by atoms with Crippen molar-refractivity contribution < 1.29 is 32.5 Å². The fraction of sp³-hybridized carbons (Fsp3) is 0.343. The van der Waals surface area contributed by atoms with E-state index in [1.54, 1.807) is 36.4 Å². The largest absolute Gasteiger partial charge is 0.494 e. The third-order valence-corrected chi connectivity index (χ3v) is 7.52. The molecule has 4 heterocycles. The lowest BCUT2D eigenvalue weighted by Gasteiger charge is -2.34.